The molecule has 0 amide bonds. The van der Waals surface area contributed by atoms with E-state index in [1.165, 1.54) is 12.1 Å². The van der Waals surface area contributed by atoms with Crippen LogP contribution in [0.5, 0.6) is 23.0 Å². The summed E-state index contributed by atoms with van der Waals surface area (Å²) in [5.41, 5.74) is 11.3. The van der Waals surface area contributed by atoms with Crippen LogP contribution in [0.2, 0.25) is 0 Å². The first-order valence-electron chi connectivity index (χ1n) is 12.2. The number of benzene rings is 4. The molecule has 16 heteroatoms. The zero-order chi connectivity index (χ0) is 31.6. The summed E-state index contributed by atoms with van der Waals surface area (Å²) in [6, 6.07) is 15.6. The molecule has 0 aliphatic rings. The zero-order valence-electron chi connectivity index (χ0n) is 22.5. The summed E-state index contributed by atoms with van der Waals surface area (Å²) in [5.74, 6) is -0.286. The largest absolute Gasteiger partial charge is 0.448 e. The second-order valence-electron chi connectivity index (χ2n) is 9.67. The Hall–Kier alpha value is -6.32. The number of hydrogen-bond donors (Lipinski definition) is 2. The standard InChI is InChI=1S/C27H22N6O10/c1-27(2,15-3-7-23(19(28)11-15)42-25-9-5-17(30(34)35)13-21(25)32(38)39)16-4-8-24(20(29)12-16)43-26-10-6-18(31(36)37)14-22(26)33(40)41/h3-14H,28-29H2,1-2H3. The van der Waals surface area contributed by atoms with Crippen molar-refractivity contribution in [2.24, 2.45) is 0 Å². The number of nitrogens with zero attached hydrogens (tertiary/aromatic N) is 4. The summed E-state index contributed by atoms with van der Waals surface area (Å²) in [4.78, 5) is 41.8. The van der Waals surface area contributed by atoms with Gasteiger partial charge in [-0.25, -0.2) is 0 Å². The molecule has 0 atom stereocenters. The van der Waals surface area contributed by atoms with Crippen LogP contribution in [0.4, 0.5) is 34.1 Å². The molecule has 16 nitrogen and oxygen atoms in total. The second kappa shape index (κ2) is 11.3. The molecule has 4 aromatic carbocycles. The van der Waals surface area contributed by atoms with Crippen LogP contribution < -0.4 is 20.9 Å². The number of nitrogen functional groups attached to an aromatic ring is 2. The topological polar surface area (TPSA) is 243 Å². The zero-order valence-corrected chi connectivity index (χ0v) is 22.5. The molecule has 0 radical (unpaired) electrons. The third-order valence-corrected chi connectivity index (χ3v) is 6.60. The van der Waals surface area contributed by atoms with Crippen LogP contribution in [0.1, 0.15) is 25.0 Å². The fraction of sp³-hybridized carbons (Fsp3) is 0.111. The molecule has 4 N–H and O–H groups in total. The SMILES string of the molecule is CC(C)(c1ccc(Oc2ccc([N+](=O)[O-])cc2[N+](=O)[O-])c(N)c1)c1ccc(Oc2ccc([N+](=O)[O-])cc2[N+](=O)[O-])c(N)c1. The minimum absolute atomic E-state index is 0.0875. The summed E-state index contributed by atoms with van der Waals surface area (Å²) in [6.07, 6.45) is 0. The molecule has 220 valence electrons. The highest BCUT2D eigenvalue weighted by Crippen LogP contribution is 2.42. The average molecular weight is 591 g/mol. The summed E-state index contributed by atoms with van der Waals surface area (Å²) in [5, 5.41) is 44.9. The van der Waals surface area contributed by atoms with Gasteiger partial charge in [-0.1, -0.05) is 26.0 Å². The van der Waals surface area contributed by atoms with Crippen molar-refractivity contribution in [1.82, 2.24) is 0 Å². The minimum Gasteiger partial charge on any atom is -0.448 e. The van der Waals surface area contributed by atoms with Crippen LogP contribution in [0.15, 0.2) is 72.8 Å². The number of ether oxygens (including phenoxy) is 2. The van der Waals surface area contributed by atoms with Crippen LogP contribution >= 0.6 is 0 Å². The van der Waals surface area contributed by atoms with E-state index in [0.29, 0.717) is 11.1 Å². The molecule has 0 saturated carbocycles. The lowest BCUT2D eigenvalue weighted by Crippen LogP contribution is -2.19. The second-order valence-corrected chi connectivity index (χ2v) is 9.67. The molecule has 0 saturated heterocycles. The summed E-state index contributed by atoms with van der Waals surface area (Å²) >= 11 is 0. The van der Waals surface area contributed by atoms with E-state index in [1.807, 2.05) is 13.8 Å². The summed E-state index contributed by atoms with van der Waals surface area (Å²) < 4.78 is 11.3. The Morgan fingerprint density at radius 2 is 0.884 bits per heavy atom. The smallest absolute Gasteiger partial charge is 0.318 e. The van der Waals surface area contributed by atoms with Gasteiger partial charge >= 0.3 is 11.4 Å². The molecule has 0 bridgehead atoms. The molecule has 0 unspecified atom stereocenters. The van der Waals surface area contributed by atoms with Gasteiger partial charge in [0, 0.05) is 17.5 Å². The van der Waals surface area contributed by atoms with E-state index in [4.69, 9.17) is 20.9 Å². The maximum Gasteiger partial charge on any atom is 0.318 e. The van der Waals surface area contributed by atoms with E-state index < -0.39 is 47.9 Å². The number of nitro groups is 4. The Morgan fingerprint density at radius 1 is 0.535 bits per heavy atom. The van der Waals surface area contributed by atoms with Crippen molar-refractivity contribution >= 4 is 34.1 Å². The highest BCUT2D eigenvalue weighted by Gasteiger charge is 2.27. The van der Waals surface area contributed by atoms with Crippen LogP contribution in [-0.4, -0.2) is 19.7 Å². The molecular weight excluding hydrogens is 568 g/mol. The van der Waals surface area contributed by atoms with Gasteiger partial charge in [-0.2, -0.15) is 0 Å². The first-order valence-corrected chi connectivity index (χ1v) is 12.2. The number of nitrogens with two attached hydrogens (primary N) is 2. The Kier molecular flexibility index (Phi) is 7.78. The first kappa shape index (κ1) is 29.7. The van der Waals surface area contributed by atoms with Gasteiger partial charge in [-0.3, -0.25) is 40.5 Å². The van der Waals surface area contributed by atoms with Gasteiger partial charge in [0.15, 0.2) is 11.5 Å². The van der Waals surface area contributed by atoms with Crippen molar-refractivity contribution in [3.63, 3.8) is 0 Å². The van der Waals surface area contributed by atoms with Gasteiger partial charge < -0.3 is 20.9 Å². The van der Waals surface area contributed by atoms with E-state index in [2.05, 4.69) is 0 Å². The van der Waals surface area contributed by atoms with Crippen LogP contribution in [0.3, 0.4) is 0 Å². The fourth-order valence-electron chi connectivity index (χ4n) is 4.16. The Balaban J connectivity index is 1.60. The van der Waals surface area contributed by atoms with Gasteiger partial charge in [-0.05, 0) is 47.5 Å². The molecule has 0 aromatic heterocycles. The summed E-state index contributed by atoms with van der Waals surface area (Å²) in [7, 11) is 0. The summed E-state index contributed by atoms with van der Waals surface area (Å²) in [6.45, 7) is 3.75. The van der Waals surface area contributed by atoms with E-state index in [0.717, 1.165) is 36.4 Å². The molecule has 43 heavy (non-hydrogen) atoms. The predicted octanol–water partition coefficient (Wildman–Crippen LogP) is 6.39. The quantitative estimate of drug-likeness (QED) is 0.116. The van der Waals surface area contributed by atoms with Crippen LogP contribution in [-0.2, 0) is 5.41 Å². The van der Waals surface area contributed by atoms with E-state index >= 15 is 0 Å². The lowest BCUT2D eigenvalue weighted by molar-refractivity contribution is -0.394. The van der Waals surface area contributed by atoms with Crippen molar-refractivity contribution in [3.8, 4) is 23.0 Å². The van der Waals surface area contributed by atoms with Gasteiger partial charge in [0.2, 0.25) is 11.5 Å². The Labute approximate surface area is 241 Å². The highest BCUT2D eigenvalue weighted by atomic mass is 16.6. The fourth-order valence-corrected chi connectivity index (χ4v) is 4.16. The van der Waals surface area contributed by atoms with Crippen LogP contribution in [0.25, 0.3) is 0 Å². The van der Waals surface area contributed by atoms with Gasteiger partial charge in [0.05, 0.1) is 43.2 Å². The molecule has 0 heterocycles. The molecular formula is C27H22N6O10. The monoisotopic (exact) mass is 590 g/mol. The molecule has 4 rings (SSSR count). The Bertz CT molecular complexity index is 1680. The van der Waals surface area contributed by atoms with Gasteiger partial charge in [0.25, 0.3) is 11.4 Å². The van der Waals surface area contributed by atoms with Gasteiger partial charge in [-0.15, -0.1) is 0 Å². The predicted molar refractivity (Wildman–Crippen MR) is 153 cm³/mol. The number of non-ortho nitro benzene ring substituents is 2. The average Bonchev–Trinajstić information content (AvgIpc) is 2.94. The molecule has 0 aliphatic carbocycles. The number of hydrogen-bond acceptors (Lipinski definition) is 12. The van der Waals surface area contributed by atoms with Crippen molar-refractivity contribution in [3.05, 3.63) is 124 Å². The first-order chi connectivity index (χ1) is 20.2. The number of anilines is 2. The Morgan fingerprint density at radius 3 is 1.19 bits per heavy atom. The van der Waals surface area contributed by atoms with Crippen molar-refractivity contribution in [2.75, 3.05) is 11.5 Å². The molecule has 4 aromatic rings. The minimum atomic E-state index is -0.798. The lowest BCUT2D eigenvalue weighted by Gasteiger charge is -2.27. The maximum atomic E-state index is 11.5. The molecule has 0 aliphatic heterocycles. The molecule has 0 spiro atoms. The third-order valence-electron chi connectivity index (χ3n) is 6.60. The highest BCUT2D eigenvalue weighted by molar-refractivity contribution is 5.63. The third kappa shape index (κ3) is 6.07. The van der Waals surface area contributed by atoms with E-state index in [1.54, 1.807) is 24.3 Å². The van der Waals surface area contributed by atoms with Gasteiger partial charge in [0.1, 0.15) is 0 Å². The number of rotatable bonds is 10. The normalized spacial score (nSPS) is 11.0. The lowest BCUT2D eigenvalue weighted by atomic mass is 9.78. The van der Waals surface area contributed by atoms with Crippen molar-refractivity contribution in [1.29, 1.82) is 0 Å². The van der Waals surface area contributed by atoms with Crippen LogP contribution in [0, 0.1) is 40.5 Å². The maximum absolute atomic E-state index is 11.5. The van der Waals surface area contributed by atoms with Crippen molar-refractivity contribution < 1.29 is 29.2 Å². The van der Waals surface area contributed by atoms with E-state index in [-0.39, 0.29) is 34.4 Å². The number of nitro benzene ring substituents is 4. The van der Waals surface area contributed by atoms with E-state index in [9.17, 15) is 40.5 Å². The van der Waals surface area contributed by atoms with Crippen molar-refractivity contribution in [2.45, 2.75) is 19.3 Å². The molecule has 0 fully saturated rings.